The summed E-state index contributed by atoms with van der Waals surface area (Å²) in [5.74, 6) is -0.488. The lowest BCUT2D eigenvalue weighted by Gasteiger charge is -2.21. The maximum absolute atomic E-state index is 12.3. The van der Waals surface area contributed by atoms with E-state index in [4.69, 9.17) is 27.9 Å². The van der Waals surface area contributed by atoms with E-state index in [1.807, 2.05) is 18.2 Å². The van der Waals surface area contributed by atoms with Crippen LogP contribution in [0.5, 0.6) is 5.75 Å². The fraction of sp³-hybridized carbons (Fsp3) is 0.125. The molecular formula is C24H22Cl2N4O5S. The van der Waals surface area contributed by atoms with Crippen molar-refractivity contribution >= 4 is 62.6 Å². The van der Waals surface area contributed by atoms with E-state index in [0.717, 1.165) is 10.6 Å². The maximum Gasteiger partial charge on any atom is 0.262 e. The van der Waals surface area contributed by atoms with E-state index in [0.29, 0.717) is 17.0 Å². The van der Waals surface area contributed by atoms with Gasteiger partial charge in [-0.2, -0.15) is 5.10 Å². The molecule has 0 spiro atoms. The number of carbonyl (C=O) groups is 2. The zero-order valence-corrected chi connectivity index (χ0v) is 21.3. The topological polar surface area (TPSA) is 117 Å². The molecular weight excluding hydrogens is 527 g/mol. The fourth-order valence-corrected chi connectivity index (χ4v) is 4.30. The molecule has 2 amide bonds. The highest BCUT2D eigenvalue weighted by molar-refractivity contribution is 7.92. The average molecular weight is 549 g/mol. The predicted molar refractivity (Wildman–Crippen MR) is 141 cm³/mol. The number of carbonyl (C=O) groups excluding carboxylic acids is 2. The predicted octanol–water partition coefficient (Wildman–Crippen LogP) is 3.93. The number of hydrogen-bond donors (Lipinski definition) is 2. The Morgan fingerprint density at radius 2 is 1.61 bits per heavy atom. The molecule has 0 unspecified atom stereocenters. The molecule has 0 radical (unpaired) electrons. The van der Waals surface area contributed by atoms with Gasteiger partial charge in [0, 0.05) is 15.7 Å². The minimum atomic E-state index is -3.80. The molecule has 0 aliphatic carbocycles. The van der Waals surface area contributed by atoms with Crippen molar-refractivity contribution in [3.8, 4) is 5.75 Å². The third kappa shape index (κ3) is 8.56. The highest BCUT2D eigenvalue weighted by Gasteiger charge is 2.21. The Bertz CT molecular complexity index is 1330. The second-order valence-corrected chi connectivity index (χ2v) is 10.2. The molecule has 9 nitrogen and oxygen atoms in total. The van der Waals surface area contributed by atoms with Gasteiger partial charge in [0.15, 0.2) is 6.61 Å². The molecule has 3 aromatic carbocycles. The fourth-order valence-electron chi connectivity index (χ4n) is 2.95. The second kappa shape index (κ2) is 12.4. The van der Waals surface area contributed by atoms with E-state index in [-0.39, 0.29) is 28.2 Å². The summed E-state index contributed by atoms with van der Waals surface area (Å²) in [5, 5.41) is 7.03. The summed E-state index contributed by atoms with van der Waals surface area (Å²) < 4.78 is 30.7. The zero-order chi connectivity index (χ0) is 26.1. The zero-order valence-electron chi connectivity index (χ0n) is 19.0. The molecule has 0 bridgehead atoms. The number of nitrogens with zero attached hydrogens (tertiary/aromatic N) is 2. The summed E-state index contributed by atoms with van der Waals surface area (Å²) in [4.78, 5) is 24.3. The van der Waals surface area contributed by atoms with Crippen LogP contribution in [0.1, 0.15) is 5.56 Å². The lowest BCUT2D eigenvalue weighted by molar-refractivity contribution is -0.119. The van der Waals surface area contributed by atoms with Gasteiger partial charge in [0.25, 0.3) is 11.8 Å². The summed E-state index contributed by atoms with van der Waals surface area (Å²) >= 11 is 11.9. The number of para-hydroxylation sites is 1. The minimum Gasteiger partial charge on any atom is -0.484 e. The summed E-state index contributed by atoms with van der Waals surface area (Å²) in [6, 6.07) is 19.9. The number of anilines is 2. The van der Waals surface area contributed by atoms with E-state index < -0.39 is 22.5 Å². The van der Waals surface area contributed by atoms with Gasteiger partial charge < -0.3 is 10.1 Å². The molecule has 0 aromatic heterocycles. The van der Waals surface area contributed by atoms with Crippen LogP contribution < -0.4 is 19.8 Å². The number of sulfonamides is 1. The van der Waals surface area contributed by atoms with Crippen molar-refractivity contribution in [3.05, 3.63) is 88.4 Å². The van der Waals surface area contributed by atoms with E-state index in [1.54, 1.807) is 36.4 Å². The van der Waals surface area contributed by atoms with Gasteiger partial charge >= 0.3 is 0 Å². The second-order valence-electron chi connectivity index (χ2n) is 7.46. The van der Waals surface area contributed by atoms with Gasteiger partial charge in [0.1, 0.15) is 12.3 Å². The van der Waals surface area contributed by atoms with Crippen molar-refractivity contribution in [2.75, 3.05) is 29.0 Å². The van der Waals surface area contributed by atoms with E-state index in [2.05, 4.69) is 15.8 Å². The summed E-state index contributed by atoms with van der Waals surface area (Å²) in [6.45, 7) is -0.683. The first-order valence-corrected chi connectivity index (χ1v) is 13.0. The van der Waals surface area contributed by atoms with E-state index in [1.165, 1.54) is 24.4 Å². The number of hydrogen-bond acceptors (Lipinski definition) is 6. The van der Waals surface area contributed by atoms with Crippen molar-refractivity contribution in [2.24, 2.45) is 5.10 Å². The largest absolute Gasteiger partial charge is 0.484 e. The number of ether oxygens (including phenoxy) is 1. The summed E-state index contributed by atoms with van der Waals surface area (Å²) in [6.07, 6.45) is 2.35. The number of halogens is 2. The molecule has 0 aliphatic heterocycles. The Labute approximate surface area is 218 Å². The average Bonchev–Trinajstić information content (AvgIpc) is 2.81. The van der Waals surface area contributed by atoms with Gasteiger partial charge in [-0.3, -0.25) is 13.9 Å². The number of nitrogens with one attached hydrogen (secondary N) is 2. The Balaban J connectivity index is 1.51. The Hall–Kier alpha value is -3.60. The smallest absolute Gasteiger partial charge is 0.262 e. The highest BCUT2D eigenvalue weighted by Crippen LogP contribution is 2.26. The summed E-state index contributed by atoms with van der Waals surface area (Å²) in [5.41, 5.74) is 3.75. The van der Waals surface area contributed by atoms with Crippen LogP contribution >= 0.6 is 23.2 Å². The molecule has 0 atom stereocenters. The van der Waals surface area contributed by atoms with Gasteiger partial charge in [0.2, 0.25) is 10.0 Å². The van der Waals surface area contributed by atoms with Crippen LogP contribution in [-0.2, 0) is 19.6 Å². The molecule has 0 saturated carbocycles. The molecule has 0 heterocycles. The monoisotopic (exact) mass is 548 g/mol. The molecule has 0 aliphatic rings. The summed E-state index contributed by atoms with van der Waals surface area (Å²) in [7, 11) is -3.80. The lowest BCUT2D eigenvalue weighted by Crippen LogP contribution is -2.39. The van der Waals surface area contributed by atoms with Gasteiger partial charge in [0.05, 0.1) is 18.2 Å². The first-order valence-electron chi connectivity index (χ1n) is 10.4. The molecule has 188 valence electrons. The molecule has 0 fully saturated rings. The van der Waals surface area contributed by atoms with Crippen molar-refractivity contribution in [2.45, 2.75) is 0 Å². The molecule has 2 N–H and O–H groups in total. The Morgan fingerprint density at radius 3 is 2.22 bits per heavy atom. The van der Waals surface area contributed by atoms with Crippen LogP contribution in [0.3, 0.4) is 0 Å². The van der Waals surface area contributed by atoms with Crippen molar-refractivity contribution in [1.29, 1.82) is 0 Å². The first-order chi connectivity index (χ1) is 17.1. The van der Waals surface area contributed by atoms with Gasteiger partial charge in [-0.05, 0) is 60.2 Å². The third-order valence-electron chi connectivity index (χ3n) is 4.53. The lowest BCUT2D eigenvalue weighted by atomic mass is 10.2. The van der Waals surface area contributed by atoms with Crippen molar-refractivity contribution in [3.63, 3.8) is 0 Å². The van der Waals surface area contributed by atoms with E-state index in [9.17, 15) is 18.0 Å². The van der Waals surface area contributed by atoms with Crippen molar-refractivity contribution < 1.29 is 22.7 Å². The third-order valence-corrected chi connectivity index (χ3v) is 6.11. The number of amides is 2. The molecule has 12 heteroatoms. The van der Waals surface area contributed by atoms with Crippen LogP contribution in [0.25, 0.3) is 0 Å². The molecule has 3 aromatic rings. The standard InChI is InChI=1S/C24H22Cl2N4O5S/c1-36(33,34)30(21-12-18(25)11-19(26)13-21)15-23(31)29-27-14-17-7-9-22(10-8-17)35-16-24(32)28-20-5-3-2-4-6-20/h2-14H,15-16H2,1H3,(H,28,32)(H,29,31)/b27-14-. The Kier molecular flexibility index (Phi) is 9.29. The molecule has 36 heavy (non-hydrogen) atoms. The number of rotatable bonds is 10. The van der Waals surface area contributed by atoms with Crippen LogP contribution in [0.2, 0.25) is 10.0 Å². The van der Waals surface area contributed by atoms with Crippen molar-refractivity contribution in [1.82, 2.24) is 5.43 Å². The number of hydrazone groups is 1. The van der Waals surface area contributed by atoms with Crippen LogP contribution in [0, 0.1) is 0 Å². The van der Waals surface area contributed by atoms with Gasteiger partial charge in [-0.25, -0.2) is 13.8 Å². The highest BCUT2D eigenvalue weighted by atomic mass is 35.5. The normalized spacial score (nSPS) is 11.2. The maximum atomic E-state index is 12.3. The quantitative estimate of drug-likeness (QED) is 0.294. The molecule has 0 saturated heterocycles. The SMILES string of the molecule is CS(=O)(=O)N(CC(=O)N/N=C\c1ccc(OCC(=O)Nc2ccccc2)cc1)c1cc(Cl)cc(Cl)c1. The van der Waals surface area contributed by atoms with Gasteiger partial charge in [-0.1, -0.05) is 41.4 Å². The molecule has 3 rings (SSSR count). The first kappa shape index (κ1) is 27.0. The van der Waals surface area contributed by atoms with E-state index >= 15 is 0 Å². The van der Waals surface area contributed by atoms with Gasteiger partial charge in [-0.15, -0.1) is 0 Å². The van der Waals surface area contributed by atoms with Crippen LogP contribution in [-0.4, -0.2) is 45.9 Å². The van der Waals surface area contributed by atoms with Crippen LogP contribution in [0.15, 0.2) is 77.9 Å². The van der Waals surface area contributed by atoms with Crippen LogP contribution in [0.4, 0.5) is 11.4 Å². The number of benzene rings is 3. The minimum absolute atomic E-state index is 0.155. The Morgan fingerprint density at radius 1 is 0.972 bits per heavy atom.